The molecule has 0 heterocycles. The number of nitro groups is 1. The van der Waals surface area contributed by atoms with Crippen molar-refractivity contribution in [1.82, 2.24) is 0 Å². The molecule has 118 valence electrons. The molecule has 7 nitrogen and oxygen atoms in total. The highest BCUT2D eigenvalue weighted by Gasteiger charge is 2.15. The summed E-state index contributed by atoms with van der Waals surface area (Å²) in [7, 11) is 0. The lowest BCUT2D eigenvalue weighted by atomic mass is 10.1. The number of hydrogen-bond donors (Lipinski definition) is 2. The van der Waals surface area contributed by atoms with Crippen LogP contribution in [0.1, 0.15) is 22.8 Å². The van der Waals surface area contributed by atoms with Crippen LogP contribution in [0.4, 0.5) is 17.1 Å². The van der Waals surface area contributed by atoms with E-state index in [0.717, 1.165) is 0 Å². The van der Waals surface area contributed by atoms with Gasteiger partial charge in [-0.2, -0.15) is 0 Å². The first kappa shape index (κ1) is 16.2. The van der Waals surface area contributed by atoms with Gasteiger partial charge in [-0.1, -0.05) is 6.07 Å². The number of carbonyl (C=O) groups excluding carboxylic acids is 2. The summed E-state index contributed by atoms with van der Waals surface area (Å²) in [6.07, 6.45) is 0. The van der Waals surface area contributed by atoms with Crippen LogP contribution in [0.5, 0.6) is 0 Å². The standard InChI is InChI=1S/C16H15N3O4/c1-10-3-4-12(9-15(10)19(22)23)16(21)18-14-7-5-13(6-8-14)17-11(2)20/h3-9H,1-2H3,(H,17,20)(H,18,21). The smallest absolute Gasteiger partial charge is 0.273 e. The zero-order chi connectivity index (χ0) is 17.0. The van der Waals surface area contributed by atoms with Gasteiger partial charge < -0.3 is 10.6 Å². The molecule has 0 aromatic heterocycles. The summed E-state index contributed by atoms with van der Waals surface area (Å²) in [4.78, 5) is 33.5. The molecule has 2 aromatic carbocycles. The molecular formula is C16H15N3O4. The van der Waals surface area contributed by atoms with Gasteiger partial charge in [-0.05, 0) is 37.3 Å². The Kier molecular flexibility index (Phi) is 4.70. The van der Waals surface area contributed by atoms with Crippen molar-refractivity contribution >= 4 is 28.9 Å². The SMILES string of the molecule is CC(=O)Nc1ccc(NC(=O)c2ccc(C)c([N+](=O)[O-])c2)cc1. The van der Waals surface area contributed by atoms with Gasteiger partial charge in [-0.15, -0.1) is 0 Å². The van der Waals surface area contributed by atoms with Crippen molar-refractivity contribution in [3.05, 3.63) is 63.7 Å². The van der Waals surface area contributed by atoms with Crippen LogP contribution in [0.15, 0.2) is 42.5 Å². The third-order valence-electron chi connectivity index (χ3n) is 3.13. The van der Waals surface area contributed by atoms with E-state index in [9.17, 15) is 19.7 Å². The van der Waals surface area contributed by atoms with E-state index in [1.54, 1.807) is 31.2 Å². The Morgan fingerprint density at radius 3 is 2.09 bits per heavy atom. The van der Waals surface area contributed by atoms with Crippen LogP contribution in [-0.4, -0.2) is 16.7 Å². The first-order valence-corrected chi connectivity index (χ1v) is 6.81. The number of benzene rings is 2. The molecule has 2 aromatic rings. The predicted molar refractivity (Wildman–Crippen MR) is 86.5 cm³/mol. The van der Waals surface area contributed by atoms with Crippen molar-refractivity contribution in [2.24, 2.45) is 0 Å². The maximum absolute atomic E-state index is 12.2. The lowest BCUT2D eigenvalue weighted by molar-refractivity contribution is -0.385. The normalized spacial score (nSPS) is 10.0. The highest BCUT2D eigenvalue weighted by Crippen LogP contribution is 2.20. The number of hydrogen-bond acceptors (Lipinski definition) is 4. The van der Waals surface area contributed by atoms with Crippen LogP contribution >= 0.6 is 0 Å². The summed E-state index contributed by atoms with van der Waals surface area (Å²) in [5, 5.41) is 16.2. The second kappa shape index (κ2) is 6.69. The number of nitrogens with one attached hydrogen (secondary N) is 2. The Morgan fingerprint density at radius 2 is 1.57 bits per heavy atom. The van der Waals surface area contributed by atoms with E-state index in [1.165, 1.54) is 25.1 Å². The summed E-state index contributed by atoms with van der Waals surface area (Å²) < 4.78 is 0. The van der Waals surface area contributed by atoms with Crippen molar-refractivity contribution in [2.75, 3.05) is 10.6 Å². The molecule has 0 saturated carbocycles. The molecule has 0 aliphatic carbocycles. The van der Waals surface area contributed by atoms with Gasteiger partial charge >= 0.3 is 0 Å². The van der Waals surface area contributed by atoms with Gasteiger partial charge in [0.2, 0.25) is 5.91 Å². The quantitative estimate of drug-likeness (QED) is 0.668. The molecule has 0 fully saturated rings. The van der Waals surface area contributed by atoms with Crippen molar-refractivity contribution in [1.29, 1.82) is 0 Å². The number of anilines is 2. The number of nitro benzene ring substituents is 1. The van der Waals surface area contributed by atoms with E-state index >= 15 is 0 Å². The summed E-state index contributed by atoms with van der Waals surface area (Å²) in [6.45, 7) is 3.01. The van der Waals surface area contributed by atoms with Gasteiger partial charge in [-0.25, -0.2) is 0 Å². The molecule has 2 amide bonds. The third kappa shape index (κ3) is 4.13. The highest BCUT2D eigenvalue weighted by atomic mass is 16.6. The van der Waals surface area contributed by atoms with E-state index in [0.29, 0.717) is 16.9 Å². The molecule has 0 radical (unpaired) electrons. The second-order valence-corrected chi connectivity index (χ2v) is 4.97. The number of aryl methyl sites for hydroxylation is 1. The Labute approximate surface area is 132 Å². The van der Waals surface area contributed by atoms with E-state index in [-0.39, 0.29) is 17.2 Å². The van der Waals surface area contributed by atoms with E-state index in [4.69, 9.17) is 0 Å². The molecule has 2 rings (SSSR count). The fourth-order valence-corrected chi connectivity index (χ4v) is 1.99. The average molecular weight is 313 g/mol. The molecule has 0 unspecified atom stereocenters. The zero-order valence-corrected chi connectivity index (χ0v) is 12.6. The topological polar surface area (TPSA) is 101 Å². The predicted octanol–water partition coefficient (Wildman–Crippen LogP) is 3.11. The Bertz CT molecular complexity index is 769. The molecule has 23 heavy (non-hydrogen) atoms. The Hall–Kier alpha value is -3.22. The van der Waals surface area contributed by atoms with Crippen molar-refractivity contribution in [3.63, 3.8) is 0 Å². The van der Waals surface area contributed by atoms with E-state index in [1.807, 2.05) is 0 Å². The Balaban J connectivity index is 2.14. The van der Waals surface area contributed by atoms with Gasteiger partial charge in [0.25, 0.3) is 11.6 Å². The lowest BCUT2D eigenvalue weighted by Gasteiger charge is -2.07. The third-order valence-corrected chi connectivity index (χ3v) is 3.13. The molecule has 7 heteroatoms. The monoisotopic (exact) mass is 313 g/mol. The fourth-order valence-electron chi connectivity index (χ4n) is 1.99. The molecule has 0 spiro atoms. The van der Waals surface area contributed by atoms with Crippen LogP contribution in [0.3, 0.4) is 0 Å². The largest absolute Gasteiger partial charge is 0.326 e. The summed E-state index contributed by atoms with van der Waals surface area (Å²) in [5.74, 6) is -0.630. The molecular weight excluding hydrogens is 298 g/mol. The first-order valence-electron chi connectivity index (χ1n) is 6.81. The minimum absolute atomic E-state index is 0.0985. The molecule has 0 aliphatic heterocycles. The summed E-state index contributed by atoms with van der Waals surface area (Å²) in [5.41, 5.74) is 1.73. The lowest BCUT2D eigenvalue weighted by Crippen LogP contribution is -2.12. The van der Waals surface area contributed by atoms with Gasteiger partial charge in [0.1, 0.15) is 0 Å². The van der Waals surface area contributed by atoms with Crippen LogP contribution in [-0.2, 0) is 4.79 Å². The summed E-state index contributed by atoms with van der Waals surface area (Å²) >= 11 is 0. The van der Waals surface area contributed by atoms with Crippen LogP contribution in [0.2, 0.25) is 0 Å². The maximum atomic E-state index is 12.2. The Morgan fingerprint density at radius 1 is 1.00 bits per heavy atom. The number of nitrogens with zero attached hydrogens (tertiary/aromatic N) is 1. The molecule has 2 N–H and O–H groups in total. The minimum Gasteiger partial charge on any atom is -0.326 e. The second-order valence-electron chi connectivity index (χ2n) is 4.97. The molecule has 0 bridgehead atoms. The van der Waals surface area contributed by atoms with Gasteiger partial charge in [-0.3, -0.25) is 19.7 Å². The highest BCUT2D eigenvalue weighted by molar-refractivity contribution is 6.04. The number of amides is 2. The average Bonchev–Trinajstić information content (AvgIpc) is 2.48. The maximum Gasteiger partial charge on any atom is 0.273 e. The van der Waals surface area contributed by atoms with E-state index in [2.05, 4.69) is 10.6 Å². The van der Waals surface area contributed by atoms with Gasteiger partial charge in [0.15, 0.2) is 0 Å². The van der Waals surface area contributed by atoms with Gasteiger partial charge in [0, 0.05) is 35.5 Å². The van der Waals surface area contributed by atoms with Crippen molar-refractivity contribution < 1.29 is 14.5 Å². The summed E-state index contributed by atoms with van der Waals surface area (Å²) in [6, 6.07) is 10.9. The van der Waals surface area contributed by atoms with Gasteiger partial charge in [0.05, 0.1) is 4.92 Å². The minimum atomic E-state index is -0.520. The van der Waals surface area contributed by atoms with Crippen molar-refractivity contribution in [2.45, 2.75) is 13.8 Å². The number of rotatable bonds is 4. The molecule has 0 saturated heterocycles. The first-order chi connectivity index (χ1) is 10.9. The molecule has 0 atom stereocenters. The van der Waals surface area contributed by atoms with Crippen LogP contribution in [0.25, 0.3) is 0 Å². The fraction of sp³-hybridized carbons (Fsp3) is 0.125. The van der Waals surface area contributed by atoms with Crippen LogP contribution < -0.4 is 10.6 Å². The molecule has 0 aliphatic rings. The van der Waals surface area contributed by atoms with Crippen LogP contribution in [0, 0.1) is 17.0 Å². The zero-order valence-electron chi connectivity index (χ0n) is 12.6. The van der Waals surface area contributed by atoms with E-state index < -0.39 is 10.8 Å². The number of carbonyl (C=O) groups is 2. The van der Waals surface area contributed by atoms with Crippen molar-refractivity contribution in [3.8, 4) is 0 Å².